The monoisotopic (exact) mass is 238 g/mol. The maximum absolute atomic E-state index is 4.96. The summed E-state index contributed by atoms with van der Waals surface area (Å²) in [6.45, 7) is 6.72. The van der Waals surface area contributed by atoms with Crippen molar-refractivity contribution in [3.05, 3.63) is 12.3 Å². The minimum atomic E-state index is 0.667. The molecule has 0 saturated carbocycles. The molecule has 2 N–H and O–H groups in total. The zero-order chi connectivity index (χ0) is 12.5. The largest absolute Gasteiger partial charge is 0.383 e. The van der Waals surface area contributed by atoms with Crippen LogP contribution in [0.2, 0.25) is 0 Å². The summed E-state index contributed by atoms with van der Waals surface area (Å²) in [6.07, 6.45) is 2.87. The van der Waals surface area contributed by atoms with Gasteiger partial charge < -0.3 is 15.4 Å². The van der Waals surface area contributed by atoms with Crippen LogP contribution in [0.1, 0.15) is 20.3 Å². The van der Waals surface area contributed by atoms with E-state index < -0.39 is 0 Å². The molecule has 1 aromatic heterocycles. The molecule has 0 atom stereocenters. The minimum absolute atomic E-state index is 0.667. The number of hydrogen-bond acceptors (Lipinski definition) is 5. The quantitative estimate of drug-likeness (QED) is 0.678. The van der Waals surface area contributed by atoms with Gasteiger partial charge in [-0.15, -0.1) is 0 Å². The van der Waals surface area contributed by atoms with Crippen LogP contribution in [0.25, 0.3) is 0 Å². The number of aromatic nitrogens is 2. The lowest BCUT2D eigenvalue weighted by Gasteiger charge is -2.09. The van der Waals surface area contributed by atoms with Gasteiger partial charge in [-0.3, -0.25) is 0 Å². The molecule has 0 unspecified atom stereocenters. The van der Waals surface area contributed by atoms with Gasteiger partial charge in [-0.25, -0.2) is 4.98 Å². The fourth-order valence-electron chi connectivity index (χ4n) is 1.30. The Morgan fingerprint density at radius 2 is 2.12 bits per heavy atom. The van der Waals surface area contributed by atoms with Gasteiger partial charge >= 0.3 is 0 Å². The first-order valence-electron chi connectivity index (χ1n) is 6.02. The Morgan fingerprint density at radius 3 is 2.82 bits per heavy atom. The van der Waals surface area contributed by atoms with Crippen molar-refractivity contribution in [2.24, 2.45) is 5.92 Å². The van der Waals surface area contributed by atoms with Crippen LogP contribution < -0.4 is 10.6 Å². The Morgan fingerprint density at radius 1 is 1.29 bits per heavy atom. The average Bonchev–Trinajstić information content (AvgIpc) is 2.29. The highest BCUT2D eigenvalue weighted by molar-refractivity contribution is 5.39. The van der Waals surface area contributed by atoms with Crippen LogP contribution in [0.15, 0.2) is 12.3 Å². The summed E-state index contributed by atoms with van der Waals surface area (Å²) in [4.78, 5) is 8.52. The van der Waals surface area contributed by atoms with Gasteiger partial charge in [0, 0.05) is 26.4 Å². The van der Waals surface area contributed by atoms with E-state index in [0.717, 1.165) is 25.3 Å². The van der Waals surface area contributed by atoms with Crippen molar-refractivity contribution < 1.29 is 4.74 Å². The fraction of sp³-hybridized carbons (Fsp3) is 0.667. The predicted octanol–water partition coefficient (Wildman–Crippen LogP) is 1.99. The van der Waals surface area contributed by atoms with Crippen molar-refractivity contribution in [2.45, 2.75) is 20.3 Å². The highest BCUT2D eigenvalue weighted by Crippen LogP contribution is 2.06. The molecule has 0 amide bonds. The molecule has 1 heterocycles. The molecule has 17 heavy (non-hydrogen) atoms. The maximum Gasteiger partial charge on any atom is 0.224 e. The number of ether oxygens (including phenoxy) is 1. The van der Waals surface area contributed by atoms with Crippen LogP contribution in [0.4, 0.5) is 11.8 Å². The Balaban J connectivity index is 2.37. The van der Waals surface area contributed by atoms with E-state index in [2.05, 4.69) is 34.4 Å². The van der Waals surface area contributed by atoms with E-state index in [0.29, 0.717) is 18.5 Å². The summed E-state index contributed by atoms with van der Waals surface area (Å²) >= 11 is 0. The van der Waals surface area contributed by atoms with Crippen LogP contribution in [0.5, 0.6) is 0 Å². The molecule has 5 nitrogen and oxygen atoms in total. The smallest absolute Gasteiger partial charge is 0.224 e. The van der Waals surface area contributed by atoms with Crippen LogP contribution in [-0.2, 0) is 4.74 Å². The van der Waals surface area contributed by atoms with Crippen molar-refractivity contribution in [1.82, 2.24) is 9.97 Å². The molecule has 0 saturated heterocycles. The lowest BCUT2D eigenvalue weighted by molar-refractivity contribution is 0.210. The second-order valence-electron chi connectivity index (χ2n) is 4.29. The lowest BCUT2D eigenvalue weighted by Crippen LogP contribution is -2.11. The zero-order valence-electron chi connectivity index (χ0n) is 10.9. The average molecular weight is 238 g/mol. The van der Waals surface area contributed by atoms with E-state index in [-0.39, 0.29) is 0 Å². The molecule has 0 aliphatic rings. The maximum atomic E-state index is 4.96. The molecule has 0 aliphatic carbocycles. The topological polar surface area (TPSA) is 59.1 Å². The first-order valence-corrected chi connectivity index (χ1v) is 6.02. The van der Waals surface area contributed by atoms with E-state index in [1.807, 2.05) is 6.07 Å². The van der Waals surface area contributed by atoms with E-state index in [1.165, 1.54) is 0 Å². The predicted molar refractivity (Wildman–Crippen MR) is 70.3 cm³/mol. The minimum Gasteiger partial charge on any atom is -0.383 e. The molecular formula is C12H22N4O. The molecule has 1 rings (SSSR count). The highest BCUT2D eigenvalue weighted by Gasteiger charge is 1.99. The molecule has 1 aromatic rings. The summed E-state index contributed by atoms with van der Waals surface area (Å²) < 4.78 is 4.96. The fourth-order valence-corrected chi connectivity index (χ4v) is 1.30. The molecule has 5 heteroatoms. The Kier molecular flexibility index (Phi) is 6.32. The normalized spacial score (nSPS) is 10.6. The van der Waals surface area contributed by atoms with E-state index in [1.54, 1.807) is 13.3 Å². The van der Waals surface area contributed by atoms with E-state index >= 15 is 0 Å². The summed E-state index contributed by atoms with van der Waals surface area (Å²) in [5, 5.41) is 6.38. The third-order valence-electron chi connectivity index (χ3n) is 2.27. The van der Waals surface area contributed by atoms with Crippen molar-refractivity contribution in [1.29, 1.82) is 0 Å². The molecule has 0 aromatic carbocycles. The van der Waals surface area contributed by atoms with Crippen LogP contribution in [0.3, 0.4) is 0 Å². The van der Waals surface area contributed by atoms with Gasteiger partial charge in [0.25, 0.3) is 0 Å². The van der Waals surface area contributed by atoms with Crippen molar-refractivity contribution in [2.75, 3.05) is 37.4 Å². The number of rotatable bonds is 8. The molecule has 96 valence electrons. The molecule has 0 radical (unpaired) electrons. The Hall–Kier alpha value is -1.36. The lowest BCUT2D eigenvalue weighted by atomic mass is 10.1. The van der Waals surface area contributed by atoms with Crippen molar-refractivity contribution in [3.63, 3.8) is 0 Å². The molecule has 0 fully saturated rings. The SMILES string of the molecule is COCCNc1ccnc(NCCC(C)C)n1. The summed E-state index contributed by atoms with van der Waals surface area (Å²) in [7, 11) is 1.68. The third-order valence-corrected chi connectivity index (χ3v) is 2.27. The number of nitrogens with one attached hydrogen (secondary N) is 2. The van der Waals surface area contributed by atoms with Crippen LogP contribution in [0, 0.1) is 5.92 Å². The number of nitrogens with zero attached hydrogens (tertiary/aromatic N) is 2. The van der Waals surface area contributed by atoms with Crippen molar-refractivity contribution >= 4 is 11.8 Å². The van der Waals surface area contributed by atoms with Gasteiger partial charge in [0.1, 0.15) is 5.82 Å². The van der Waals surface area contributed by atoms with E-state index in [9.17, 15) is 0 Å². The molecule has 0 spiro atoms. The summed E-state index contributed by atoms with van der Waals surface area (Å²) in [5.41, 5.74) is 0. The third kappa shape index (κ3) is 6.06. The van der Waals surface area contributed by atoms with Gasteiger partial charge in [0.2, 0.25) is 5.95 Å². The van der Waals surface area contributed by atoms with Gasteiger partial charge in [-0.1, -0.05) is 13.8 Å². The second kappa shape index (κ2) is 7.84. The van der Waals surface area contributed by atoms with Gasteiger partial charge in [-0.05, 0) is 18.4 Å². The number of hydrogen-bond donors (Lipinski definition) is 2. The molecule has 0 bridgehead atoms. The van der Waals surface area contributed by atoms with Crippen LogP contribution in [-0.4, -0.2) is 36.8 Å². The first-order chi connectivity index (χ1) is 8.22. The highest BCUT2D eigenvalue weighted by atomic mass is 16.5. The molecular weight excluding hydrogens is 216 g/mol. The first kappa shape index (κ1) is 13.7. The Bertz CT molecular complexity index is 317. The van der Waals surface area contributed by atoms with Gasteiger partial charge in [0.05, 0.1) is 6.61 Å². The summed E-state index contributed by atoms with van der Waals surface area (Å²) in [5.74, 6) is 2.18. The van der Waals surface area contributed by atoms with Gasteiger partial charge in [0.15, 0.2) is 0 Å². The van der Waals surface area contributed by atoms with Crippen LogP contribution >= 0.6 is 0 Å². The van der Waals surface area contributed by atoms with Crippen molar-refractivity contribution in [3.8, 4) is 0 Å². The summed E-state index contributed by atoms with van der Waals surface area (Å²) in [6, 6.07) is 1.85. The standard InChI is InChI=1S/C12H22N4O/c1-10(2)4-6-14-12-15-7-5-11(16-12)13-8-9-17-3/h5,7,10H,4,6,8-9H2,1-3H3,(H2,13,14,15,16). The number of methoxy groups -OCH3 is 1. The number of anilines is 2. The zero-order valence-corrected chi connectivity index (χ0v) is 10.9. The second-order valence-corrected chi connectivity index (χ2v) is 4.29. The van der Waals surface area contributed by atoms with E-state index in [4.69, 9.17) is 4.74 Å². The molecule has 0 aliphatic heterocycles. The Labute approximate surface area is 103 Å². The van der Waals surface area contributed by atoms with Gasteiger partial charge in [-0.2, -0.15) is 4.98 Å².